The van der Waals surface area contributed by atoms with E-state index in [1.165, 1.54) is 12.1 Å². The lowest BCUT2D eigenvalue weighted by molar-refractivity contribution is -0.117. The maximum absolute atomic E-state index is 14.9. The molecule has 2 aromatic rings. The fourth-order valence-corrected chi connectivity index (χ4v) is 3.45. The first-order chi connectivity index (χ1) is 11.8. The van der Waals surface area contributed by atoms with Gasteiger partial charge in [-0.05, 0) is 38.0 Å². The Kier molecular flexibility index (Phi) is 4.24. The van der Waals surface area contributed by atoms with E-state index in [-0.39, 0.29) is 17.5 Å². The zero-order valence-corrected chi connectivity index (χ0v) is 14.3. The molecule has 0 spiro atoms. The third-order valence-corrected chi connectivity index (χ3v) is 4.81. The molecule has 0 saturated carbocycles. The Balaban J connectivity index is 2.07. The Labute approximate surface area is 144 Å². The Bertz CT molecular complexity index is 887. The number of nitrogens with one attached hydrogen (secondary N) is 2. The van der Waals surface area contributed by atoms with Gasteiger partial charge in [-0.1, -0.05) is 6.58 Å². The molecule has 0 bridgehead atoms. The fraction of sp³-hybridized carbons (Fsp3) is 0.333. The number of aromatic nitrogens is 1. The third-order valence-electron chi connectivity index (χ3n) is 4.81. The van der Waals surface area contributed by atoms with Gasteiger partial charge in [-0.3, -0.25) is 9.59 Å². The van der Waals surface area contributed by atoms with Gasteiger partial charge in [-0.15, -0.1) is 0 Å². The molecule has 1 unspecified atom stereocenters. The number of hydrogen-bond donors (Lipinski definition) is 3. The predicted molar refractivity (Wildman–Crippen MR) is 95.2 cm³/mol. The van der Waals surface area contributed by atoms with Crippen LogP contribution < -0.4 is 16.0 Å². The predicted octanol–water partition coefficient (Wildman–Crippen LogP) is 1.90. The number of fused-ring (bicyclic) bond motifs is 1. The van der Waals surface area contributed by atoms with Crippen LogP contribution in [0.15, 0.2) is 18.7 Å². The van der Waals surface area contributed by atoms with Crippen molar-refractivity contribution in [2.75, 3.05) is 18.0 Å². The smallest absolute Gasteiger partial charge is 0.250 e. The SMILES string of the molecule is C=CC(=O)NC1CCN(c2c(F)cc(C(N)=O)c3[nH]c(C)c(C)c23)C1. The number of rotatable bonds is 4. The number of hydrogen-bond acceptors (Lipinski definition) is 3. The minimum Gasteiger partial charge on any atom is -0.366 e. The van der Waals surface area contributed by atoms with Crippen LogP contribution in [-0.4, -0.2) is 35.9 Å². The molecule has 132 valence electrons. The maximum atomic E-state index is 14.9. The van der Waals surface area contributed by atoms with Gasteiger partial charge in [0.25, 0.3) is 5.91 Å². The average Bonchev–Trinajstić information content (AvgIpc) is 3.12. The monoisotopic (exact) mass is 344 g/mol. The van der Waals surface area contributed by atoms with Gasteiger partial charge < -0.3 is 20.9 Å². The summed E-state index contributed by atoms with van der Waals surface area (Å²) < 4.78 is 14.9. The number of carbonyl (C=O) groups excluding carboxylic acids is 2. The molecule has 6 nitrogen and oxygen atoms in total. The first kappa shape index (κ1) is 17.0. The molecule has 1 aromatic carbocycles. The zero-order valence-electron chi connectivity index (χ0n) is 14.3. The van der Waals surface area contributed by atoms with Crippen molar-refractivity contribution in [1.29, 1.82) is 0 Å². The molecule has 1 aliphatic rings. The van der Waals surface area contributed by atoms with Crippen molar-refractivity contribution < 1.29 is 14.0 Å². The van der Waals surface area contributed by atoms with Gasteiger partial charge in [0.2, 0.25) is 5.91 Å². The van der Waals surface area contributed by atoms with Gasteiger partial charge in [-0.2, -0.15) is 0 Å². The molecule has 2 amide bonds. The number of halogens is 1. The third kappa shape index (κ3) is 2.86. The number of aryl methyl sites for hydroxylation is 2. The van der Waals surface area contributed by atoms with E-state index in [1.54, 1.807) is 0 Å². The summed E-state index contributed by atoms with van der Waals surface area (Å²) >= 11 is 0. The van der Waals surface area contributed by atoms with E-state index in [9.17, 15) is 14.0 Å². The summed E-state index contributed by atoms with van der Waals surface area (Å²) in [7, 11) is 0. The molecular weight excluding hydrogens is 323 g/mol. The van der Waals surface area contributed by atoms with Gasteiger partial charge in [0.1, 0.15) is 5.82 Å². The summed E-state index contributed by atoms with van der Waals surface area (Å²) in [6.45, 7) is 8.30. The summed E-state index contributed by atoms with van der Waals surface area (Å²) in [4.78, 5) is 28.2. The summed E-state index contributed by atoms with van der Waals surface area (Å²) in [6, 6.07) is 1.11. The van der Waals surface area contributed by atoms with Gasteiger partial charge in [0, 0.05) is 30.2 Å². The highest BCUT2D eigenvalue weighted by Crippen LogP contribution is 2.37. The van der Waals surface area contributed by atoms with Crippen molar-refractivity contribution in [2.24, 2.45) is 5.73 Å². The van der Waals surface area contributed by atoms with Crippen LogP contribution in [0.4, 0.5) is 10.1 Å². The maximum Gasteiger partial charge on any atom is 0.250 e. The van der Waals surface area contributed by atoms with Crippen LogP contribution in [0, 0.1) is 19.7 Å². The normalized spacial score (nSPS) is 17.1. The second-order valence-electron chi connectivity index (χ2n) is 6.39. The second-order valence-corrected chi connectivity index (χ2v) is 6.39. The topological polar surface area (TPSA) is 91.2 Å². The lowest BCUT2D eigenvalue weighted by atomic mass is 10.0. The average molecular weight is 344 g/mol. The van der Waals surface area contributed by atoms with Gasteiger partial charge >= 0.3 is 0 Å². The Morgan fingerprint density at radius 1 is 1.48 bits per heavy atom. The number of H-pyrrole nitrogens is 1. The summed E-state index contributed by atoms with van der Waals surface area (Å²) in [6.07, 6.45) is 1.93. The van der Waals surface area contributed by atoms with Gasteiger partial charge in [0.05, 0.1) is 16.8 Å². The molecule has 1 fully saturated rings. The lowest BCUT2D eigenvalue weighted by Crippen LogP contribution is -2.36. The second kappa shape index (κ2) is 6.23. The summed E-state index contributed by atoms with van der Waals surface area (Å²) in [5.41, 5.74) is 8.29. The Morgan fingerprint density at radius 3 is 2.84 bits per heavy atom. The molecule has 0 aliphatic carbocycles. The highest BCUT2D eigenvalue weighted by atomic mass is 19.1. The number of primary amides is 1. The highest BCUT2D eigenvalue weighted by Gasteiger charge is 2.29. The van der Waals surface area contributed by atoms with E-state index in [4.69, 9.17) is 5.73 Å². The fourth-order valence-electron chi connectivity index (χ4n) is 3.45. The number of nitrogens with zero attached hydrogens (tertiary/aromatic N) is 1. The van der Waals surface area contributed by atoms with Crippen LogP contribution in [0.2, 0.25) is 0 Å². The van der Waals surface area contributed by atoms with Crippen molar-refractivity contribution in [1.82, 2.24) is 10.3 Å². The lowest BCUT2D eigenvalue weighted by Gasteiger charge is -2.22. The van der Waals surface area contributed by atoms with Crippen LogP contribution in [0.5, 0.6) is 0 Å². The standard InChI is InChI=1S/C18H21FN4O2/c1-4-14(24)22-11-5-6-23(8-11)17-13(19)7-12(18(20)25)16-15(17)9(2)10(3)21-16/h4,7,11,21H,1,5-6,8H2,2-3H3,(H2,20,25)(H,22,24). The minimum atomic E-state index is -0.672. The molecule has 1 atom stereocenters. The Morgan fingerprint density at radius 2 is 2.20 bits per heavy atom. The molecule has 0 radical (unpaired) electrons. The zero-order chi connectivity index (χ0) is 18.3. The van der Waals surface area contributed by atoms with E-state index < -0.39 is 11.7 Å². The number of amides is 2. The molecule has 25 heavy (non-hydrogen) atoms. The van der Waals surface area contributed by atoms with Crippen LogP contribution in [0.25, 0.3) is 10.9 Å². The van der Waals surface area contributed by atoms with E-state index >= 15 is 0 Å². The number of carbonyl (C=O) groups is 2. The van der Waals surface area contributed by atoms with Crippen molar-refractivity contribution in [2.45, 2.75) is 26.3 Å². The molecule has 2 heterocycles. The molecule has 1 aromatic heterocycles. The van der Waals surface area contributed by atoms with Crippen LogP contribution in [0.1, 0.15) is 28.0 Å². The number of anilines is 1. The number of nitrogens with two attached hydrogens (primary N) is 1. The van der Waals surface area contributed by atoms with Crippen LogP contribution in [0.3, 0.4) is 0 Å². The molecule has 4 N–H and O–H groups in total. The highest BCUT2D eigenvalue weighted by molar-refractivity contribution is 6.10. The van der Waals surface area contributed by atoms with Crippen molar-refractivity contribution in [3.8, 4) is 0 Å². The molecule has 1 aliphatic heterocycles. The quantitative estimate of drug-likeness (QED) is 0.740. The first-order valence-corrected chi connectivity index (χ1v) is 8.12. The first-order valence-electron chi connectivity index (χ1n) is 8.12. The van der Waals surface area contributed by atoms with E-state index in [0.29, 0.717) is 36.1 Å². The summed E-state index contributed by atoms with van der Waals surface area (Å²) in [5.74, 6) is -1.40. The van der Waals surface area contributed by atoms with Crippen molar-refractivity contribution >= 4 is 28.4 Å². The van der Waals surface area contributed by atoms with E-state index in [0.717, 1.165) is 11.3 Å². The van der Waals surface area contributed by atoms with Crippen LogP contribution in [-0.2, 0) is 4.79 Å². The van der Waals surface area contributed by atoms with Crippen LogP contribution >= 0.6 is 0 Å². The number of aromatic amines is 1. The van der Waals surface area contributed by atoms with Gasteiger partial charge in [0.15, 0.2) is 0 Å². The minimum absolute atomic E-state index is 0.0730. The number of benzene rings is 1. The molecule has 3 rings (SSSR count). The summed E-state index contributed by atoms with van der Waals surface area (Å²) in [5, 5.41) is 3.51. The van der Waals surface area contributed by atoms with E-state index in [2.05, 4.69) is 16.9 Å². The molecule has 1 saturated heterocycles. The van der Waals surface area contributed by atoms with E-state index in [1.807, 2.05) is 18.7 Å². The molecule has 7 heteroatoms. The van der Waals surface area contributed by atoms with Gasteiger partial charge in [-0.25, -0.2) is 4.39 Å². The van der Waals surface area contributed by atoms with Crippen molar-refractivity contribution in [3.05, 3.63) is 41.4 Å². The Hall–Kier alpha value is -2.83. The largest absolute Gasteiger partial charge is 0.366 e. The van der Waals surface area contributed by atoms with Crippen molar-refractivity contribution in [3.63, 3.8) is 0 Å². The molecular formula is C18H21FN4O2.